The lowest BCUT2D eigenvalue weighted by Gasteiger charge is -2.33. The van der Waals surface area contributed by atoms with Crippen LogP contribution >= 0.6 is 0 Å². The highest BCUT2D eigenvalue weighted by Gasteiger charge is 2.31. The number of benzene rings is 1. The van der Waals surface area contributed by atoms with E-state index in [-0.39, 0.29) is 21.8 Å². The highest BCUT2D eigenvalue weighted by molar-refractivity contribution is 7.90. The maximum Gasteiger partial charge on any atom is 0.243 e. The Morgan fingerprint density at radius 2 is 1.68 bits per heavy atom. The molecule has 124 valence electrons. The molecule has 1 fully saturated rings. The van der Waals surface area contributed by atoms with E-state index < -0.39 is 19.9 Å². The molecule has 0 radical (unpaired) electrons. The lowest BCUT2D eigenvalue weighted by molar-refractivity contribution is 0.243. The highest BCUT2D eigenvalue weighted by Crippen LogP contribution is 2.25. The molecule has 0 aliphatic carbocycles. The van der Waals surface area contributed by atoms with Gasteiger partial charge in [-0.15, -0.1) is 0 Å². The molecule has 1 aromatic rings. The van der Waals surface area contributed by atoms with Crippen molar-refractivity contribution in [3.05, 3.63) is 24.3 Å². The smallest absolute Gasteiger partial charge is 0.243 e. The molecule has 2 rings (SSSR count). The van der Waals surface area contributed by atoms with Crippen LogP contribution in [0.2, 0.25) is 0 Å². The Balaban J connectivity index is 2.26. The van der Waals surface area contributed by atoms with E-state index in [9.17, 15) is 16.8 Å². The number of piperidine rings is 1. The molecule has 0 unspecified atom stereocenters. The zero-order valence-corrected chi connectivity index (χ0v) is 14.4. The van der Waals surface area contributed by atoms with Crippen LogP contribution in [0.3, 0.4) is 0 Å². The predicted molar refractivity (Wildman–Crippen MR) is 84.7 cm³/mol. The third kappa shape index (κ3) is 3.68. The summed E-state index contributed by atoms with van der Waals surface area (Å²) < 4.78 is 49.6. The first-order chi connectivity index (χ1) is 10.1. The quantitative estimate of drug-likeness (QED) is 0.871. The molecule has 2 atom stereocenters. The van der Waals surface area contributed by atoms with Crippen LogP contribution in [-0.4, -0.2) is 46.5 Å². The summed E-state index contributed by atoms with van der Waals surface area (Å²) in [6, 6.07) is 5.30. The number of nitrogens with two attached hydrogens (primary N) is 1. The van der Waals surface area contributed by atoms with Crippen LogP contribution in [-0.2, 0) is 19.9 Å². The van der Waals surface area contributed by atoms with E-state index in [1.165, 1.54) is 28.6 Å². The van der Waals surface area contributed by atoms with Gasteiger partial charge in [0.25, 0.3) is 0 Å². The normalized spacial score (nSPS) is 22.4. The van der Waals surface area contributed by atoms with Gasteiger partial charge < -0.3 is 5.73 Å². The SMILES string of the molecule is C[C@H](N)[C@@H]1CCCN(S(=O)(=O)c2ccc(S(C)(=O)=O)cc2)C1. The molecular weight excluding hydrogens is 324 g/mol. The van der Waals surface area contributed by atoms with Crippen LogP contribution in [0.1, 0.15) is 19.8 Å². The minimum Gasteiger partial charge on any atom is -0.328 e. The average Bonchev–Trinajstić information content (AvgIpc) is 2.46. The molecule has 0 bridgehead atoms. The van der Waals surface area contributed by atoms with Gasteiger partial charge in [0.15, 0.2) is 9.84 Å². The molecule has 1 aliphatic rings. The minimum atomic E-state index is -3.61. The second-order valence-corrected chi connectivity index (χ2v) is 9.82. The maximum absolute atomic E-state index is 12.7. The summed E-state index contributed by atoms with van der Waals surface area (Å²) in [5.41, 5.74) is 5.89. The standard InChI is InChI=1S/C14H22N2O4S2/c1-11(15)12-4-3-9-16(10-12)22(19,20)14-7-5-13(6-8-14)21(2,17)18/h5-8,11-12H,3-4,9-10,15H2,1-2H3/t11-,12+/m0/s1. The van der Waals surface area contributed by atoms with Gasteiger partial charge in [0, 0.05) is 25.4 Å². The Hall–Kier alpha value is -0.960. The fourth-order valence-electron chi connectivity index (χ4n) is 2.63. The van der Waals surface area contributed by atoms with Gasteiger partial charge in [-0.25, -0.2) is 16.8 Å². The summed E-state index contributed by atoms with van der Waals surface area (Å²) in [6.07, 6.45) is 2.80. The van der Waals surface area contributed by atoms with E-state index in [0.717, 1.165) is 19.1 Å². The zero-order chi connectivity index (χ0) is 16.5. The number of sulfonamides is 1. The van der Waals surface area contributed by atoms with Gasteiger partial charge >= 0.3 is 0 Å². The fraction of sp³-hybridized carbons (Fsp3) is 0.571. The molecule has 6 nitrogen and oxygen atoms in total. The third-order valence-corrected chi connectivity index (χ3v) is 7.06. The van der Waals surface area contributed by atoms with Gasteiger partial charge in [-0.05, 0) is 49.9 Å². The van der Waals surface area contributed by atoms with Gasteiger partial charge in [-0.2, -0.15) is 4.31 Å². The molecule has 0 aromatic heterocycles. The van der Waals surface area contributed by atoms with Crippen LogP contribution in [0.4, 0.5) is 0 Å². The van der Waals surface area contributed by atoms with E-state index in [1.54, 1.807) is 0 Å². The van der Waals surface area contributed by atoms with Crippen molar-refractivity contribution in [1.29, 1.82) is 0 Å². The lowest BCUT2D eigenvalue weighted by atomic mass is 9.93. The molecule has 0 saturated carbocycles. The minimum absolute atomic E-state index is 0.0504. The number of rotatable bonds is 4. The van der Waals surface area contributed by atoms with Crippen molar-refractivity contribution in [3.63, 3.8) is 0 Å². The van der Waals surface area contributed by atoms with Gasteiger partial charge in [0.2, 0.25) is 10.0 Å². The zero-order valence-electron chi connectivity index (χ0n) is 12.8. The van der Waals surface area contributed by atoms with E-state index in [1.807, 2.05) is 6.92 Å². The first-order valence-electron chi connectivity index (χ1n) is 7.18. The van der Waals surface area contributed by atoms with Gasteiger partial charge in [0.1, 0.15) is 0 Å². The molecule has 1 saturated heterocycles. The molecule has 22 heavy (non-hydrogen) atoms. The second-order valence-electron chi connectivity index (χ2n) is 5.87. The predicted octanol–water partition coefficient (Wildman–Crippen LogP) is 0.838. The Labute approximate surface area is 132 Å². The van der Waals surface area contributed by atoms with Crippen LogP contribution < -0.4 is 5.73 Å². The van der Waals surface area contributed by atoms with Crippen molar-refractivity contribution in [2.45, 2.75) is 35.6 Å². The van der Waals surface area contributed by atoms with Crippen molar-refractivity contribution in [2.75, 3.05) is 19.3 Å². The highest BCUT2D eigenvalue weighted by atomic mass is 32.2. The number of sulfone groups is 1. The molecule has 2 N–H and O–H groups in total. The Bertz CT molecular complexity index is 725. The Morgan fingerprint density at radius 1 is 1.14 bits per heavy atom. The second kappa shape index (κ2) is 6.27. The third-order valence-electron chi connectivity index (χ3n) is 4.05. The Kier molecular flexibility index (Phi) is 4.96. The van der Waals surface area contributed by atoms with Crippen molar-refractivity contribution in [1.82, 2.24) is 4.31 Å². The topological polar surface area (TPSA) is 97.5 Å². The van der Waals surface area contributed by atoms with E-state index >= 15 is 0 Å². The summed E-state index contributed by atoms with van der Waals surface area (Å²) >= 11 is 0. The molecule has 8 heteroatoms. The van der Waals surface area contributed by atoms with E-state index in [0.29, 0.717) is 13.1 Å². The van der Waals surface area contributed by atoms with Crippen molar-refractivity contribution >= 4 is 19.9 Å². The number of hydrogen-bond acceptors (Lipinski definition) is 5. The monoisotopic (exact) mass is 346 g/mol. The van der Waals surface area contributed by atoms with Crippen LogP contribution in [0.25, 0.3) is 0 Å². The Morgan fingerprint density at radius 3 is 2.18 bits per heavy atom. The van der Waals surface area contributed by atoms with Gasteiger partial charge in [0.05, 0.1) is 9.79 Å². The first kappa shape index (κ1) is 17.4. The number of nitrogens with zero attached hydrogens (tertiary/aromatic N) is 1. The molecule has 1 aromatic carbocycles. The summed E-state index contributed by atoms with van der Waals surface area (Å²) in [5, 5.41) is 0. The van der Waals surface area contributed by atoms with Crippen LogP contribution in [0.5, 0.6) is 0 Å². The average molecular weight is 346 g/mol. The summed E-state index contributed by atoms with van der Waals surface area (Å²) in [7, 11) is -6.94. The molecule has 1 aliphatic heterocycles. The van der Waals surface area contributed by atoms with Crippen LogP contribution in [0.15, 0.2) is 34.1 Å². The summed E-state index contributed by atoms with van der Waals surface area (Å²) in [5.74, 6) is 0.152. The molecule has 1 heterocycles. The maximum atomic E-state index is 12.7. The van der Waals surface area contributed by atoms with Gasteiger partial charge in [-0.3, -0.25) is 0 Å². The summed E-state index contributed by atoms with van der Waals surface area (Å²) in [6.45, 7) is 2.77. The van der Waals surface area contributed by atoms with E-state index in [2.05, 4.69) is 0 Å². The fourth-order valence-corrected chi connectivity index (χ4v) is 4.80. The summed E-state index contributed by atoms with van der Waals surface area (Å²) in [4.78, 5) is 0.226. The lowest BCUT2D eigenvalue weighted by Crippen LogP contribution is -2.44. The van der Waals surface area contributed by atoms with Crippen LogP contribution in [0, 0.1) is 5.92 Å². The molecular formula is C14H22N2O4S2. The van der Waals surface area contributed by atoms with Gasteiger partial charge in [-0.1, -0.05) is 0 Å². The molecule has 0 spiro atoms. The van der Waals surface area contributed by atoms with Crippen molar-refractivity contribution in [2.24, 2.45) is 11.7 Å². The van der Waals surface area contributed by atoms with E-state index in [4.69, 9.17) is 5.73 Å². The number of hydrogen-bond donors (Lipinski definition) is 1. The van der Waals surface area contributed by atoms with Crippen molar-refractivity contribution < 1.29 is 16.8 Å². The largest absolute Gasteiger partial charge is 0.328 e. The molecule has 0 amide bonds. The first-order valence-corrected chi connectivity index (χ1v) is 10.5. The van der Waals surface area contributed by atoms with Crippen molar-refractivity contribution in [3.8, 4) is 0 Å².